The van der Waals surface area contributed by atoms with E-state index in [0.717, 1.165) is 52.6 Å². The van der Waals surface area contributed by atoms with E-state index in [9.17, 15) is 5.11 Å². The minimum absolute atomic E-state index is 0.365. The zero-order chi connectivity index (χ0) is 18.4. The molecule has 1 aliphatic rings. The van der Waals surface area contributed by atoms with Crippen molar-refractivity contribution < 1.29 is 5.11 Å². The second-order valence-corrected chi connectivity index (χ2v) is 8.75. The van der Waals surface area contributed by atoms with Crippen LogP contribution in [-0.2, 0) is 5.60 Å². The molecule has 3 aromatic heterocycles. The molecule has 3 heterocycles. The molecule has 1 unspecified atom stereocenters. The maximum absolute atomic E-state index is 11.6. The fourth-order valence-corrected chi connectivity index (χ4v) is 5.62. The third kappa shape index (κ3) is 2.72. The highest BCUT2D eigenvalue weighted by Crippen LogP contribution is 2.42. The van der Waals surface area contributed by atoms with Crippen LogP contribution in [0.5, 0.6) is 0 Å². The third-order valence-corrected chi connectivity index (χ3v) is 7.28. The van der Waals surface area contributed by atoms with Crippen LogP contribution < -0.4 is 0 Å². The van der Waals surface area contributed by atoms with Gasteiger partial charge in [-0.2, -0.15) is 5.10 Å². The Hall–Kier alpha value is -2.11. The predicted molar refractivity (Wildman–Crippen MR) is 112 cm³/mol. The number of hydrogen-bond donors (Lipinski definition) is 3. The summed E-state index contributed by atoms with van der Waals surface area (Å²) in [7, 11) is 0. The summed E-state index contributed by atoms with van der Waals surface area (Å²) in [5.41, 5.74) is 4.48. The number of H-pyrrole nitrogens is 2. The summed E-state index contributed by atoms with van der Waals surface area (Å²) < 4.78 is 1.18. The van der Waals surface area contributed by atoms with Gasteiger partial charge in [-0.15, -0.1) is 11.3 Å². The predicted octanol–water partition coefficient (Wildman–Crippen LogP) is 5.95. The zero-order valence-electron chi connectivity index (χ0n) is 15.6. The first-order chi connectivity index (χ1) is 13.2. The first kappa shape index (κ1) is 17.0. The summed E-state index contributed by atoms with van der Waals surface area (Å²) >= 11 is 1.70. The number of rotatable bonds is 4. The lowest BCUT2D eigenvalue weighted by Crippen LogP contribution is -2.35. The summed E-state index contributed by atoms with van der Waals surface area (Å²) in [6.45, 7) is 2.11. The quantitative estimate of drug-likeness (QED) is 0.410. The normalized spacial score (nSPS) is 18.3. The van der Waals surface area contributed by atoms with Crippen LogP contribution in [0.4, 0.5) is 0 Å². The maximum Gasteiger partial charge on any atom is 0.126 e. The molecule has 0 saturated heterocycles. The molecule has 3 N–H and O–H groups in total. The van der Waals surface area contributed by atoms with Crippen molar-refractivity contribution in [1.82, 2.24) is 15.2 Å². The number of aromatic amines is 2. The largest absolute Gasteiger partial charge is 0.385 e. The van der Waals surface area contributed by atoms with Gasteiger partial charge in [0.15, 0.2) is 0 Å². The van der Waals surface area contributed by atoms with E-state index in [-0.39, 0.29) is 0 Å². The van der Waals surface area contributed by atoms with Gasteiger partial charge in [0.1, 0.15) is 5.69 Å². The van der Waals surface area contributed by atoms with Crippen LogP contribution in [0.25, 0.3) is 32.5 Å². The lowest BCUT2D eigenvalue weighted by Gasteiger charge is -2.38. The molecule has 1 aliphatic carbocycles. The van der Waals surface area contributed by atoms with Crippen LogP contribution in [0, 0.1) is 5.92 Å². The molecule has 0 spiro atoms. The van der Waals surface area contributed by atoms with E-state index in [1.807, 2.05) is 0 Å². The lowest BCUT2D eigenvalue weighted by atomic mass is 9.72. The summed E-state index contributed by atoms with van der Waals surface area (Å²) in [6, 6.07) is 10.6. The topological polar surface area (TPSA) is 64.7 Å². The van der Waals surface area contributed by atoms with Gasteiger partial charge in [0, 0.05) is 10.9 Å². The van der Waals surface area contributed by atoms with Crippen molar-refractivity contribution >= 4 is 32.5 Å². The van der Waals surface area contributed by atoms with Gasteiger partial charge in [0.05, 0.1) is 21.5 Å². The highest BCUT2D eigenvalue weighted by molar-refractivity contribution is 7.17. The molecule has 1 saturated carbocycles. The van der Waals surface area contributed by atoms with E-state index in [1.165, 1.54) is 24.0 Å². The van der Waals surface area contributed by atoms with Crippen molar-refractivity contribution in [3.8, 4) is 11.4 Å². The number of nitrogens with zero attached hydrogens (tertiary/aromatic N) is 1. The molecule has 0 amide bonds. The van der Waals surface area contributed by atoms with E-state index in [2.05, 4.69) is 57.8 Å². The molecule has 0 radical (unpaired) electrons. The lowest BCUT2D eigenvalue weighted by molar-refractivity contribution is -0.0420. The van der Waals surface area contributed by atoms with Gasteiger partial charge in [-0.05, 0) is 60.4 Å². The van der Waals surface area contributed by atoms with Crippen LogP contribution in [0.2, 0.25) is 0 Å². The van der Waals surface area contributed by atoms with E-state index >= 15 is 0 Å². The molecular formula is C22H25N3OS. The number of aliphatic hydroxyl groups is 1. The summed E-state index contributed by atoms with van der Waals surface area (Å²) in [5.74, 6) is 0.365. The SMILES string of the molecule is CCC(O)(c1ccc2[nH]c(-c3n[nH]c4ccsc34)cc2c1)C1CCCCC1. The monoisotopic (exact) mass is 379 g/mol. The van der Waals surface area contributed by atoms with Gasteiger partial charge in [-0.3, -0.25) is 5.10 Å². The van der Waals surface area contributed by atoms with Gasteiger partial charge in [-0.1, -0.05) is 32.3 Å². The third-order valence-electron chi connectivity index (χ3n) is 6.36. The Labute approximate surface area is 162 Å². The second-order valence-electron chi connectivity index (χ2n) is 7.83. The minimum Gasteiger partial charge on any atom is -0.385 e. The maximum atomic E-state index is 11.6. The Balaban J connectivity index is 1.56. The average Bonchev–Trinajstić information content (AvgIpc) is 3.42. The zero-order valence-corrected chi connectivity index (χ0v) is 16.4. The molecule has 0 bridgehead atoms. The number of benzene rings is 1. The Kier molecular flexibility index (Phi) is 4.10. The standard InChI is InChI=1S/C22H25N3OS/c1-2-22(26,15-6-4-3-5-7-15)16-8-9-17-14(12-16)13-19(23-17)20-21-18(24-25-20)10-11-27-21/h8-13,15,23,26H,2-7H2,1H3,(H,24,25). The number of thiophene rings is 1. The number of nitrogens with one attached hydrogen (secondary N) is 2. The Morgan fingerprint density at radius 1 is 1.15 bits per heavy atom. The molecule has 1 fully saturated rings. The first-order valence-corrected chi connectivity index (χ1v) is 10.8. The molecule has 4 nitrogen and oxygen atoms in total. The van der Waals surface area contributed by atoms with E-state index < -0.39 is 5.60 Å². The Morgan fingerprint density at radius 2 is 2.00 bits per heavy atom. The van der Waals surface area contributed by atoms with Crippen molar-refractivity contribution in [2.45, 2.75) is 51.0 Å². The fraction of sp³-hybridized carbons (Fsp3) is 0.409. The number of hydrogen-bond acceptors (Lipinski definition) is 3. The van der Waals surface area contributed by atoms with Gasteiger partial charge in [0.2, 0.25) is 0 Å². The number of aromatic nitrogens is 3. The molecule has 5 rings (SSSR count). The highest BCUT2D eigenvalue weighted by atomic mass is 32.1. The van der Waals surface area contributed by atoms with Crippen LogP contribution >= 0.6 is 11.3 Å². The van der Waals surface area contributed by atoms with Gasteiger partial charge >= 0.3 is 0 Å². The molecule has 5 heteroatoms. The number of fused-ring (bicyclic) bond motifs is 2. The van der Waals surface area contributed by atoms with Crippen molar-refractivity contribution in [2.75, 3.05) is 0 Å². The van der Waals surface area contributed by atoms with Crippen LogP contribution in [0.3, 0.4) is 0 Å². The van der Waals surface area contributed by atoms with Crippen molar-refractivity contribution in [3.63, 3.8) is 0 Å². The molecule has 1 atom stereocenters. The Morgan fingerprint density at radius 3 is 2.81 bits per heavy atom. The molecule has 140 valence electrons. The molecule has 27 heavy (non-hydrogen) atoms. The van der Waals surface area contributed by atoms with Crippen molar-refractivity contribution in [3.05, 3.63) is 41.3 Å². The van der Waals surface area contributed by atoms with Gasteiger partial charge in [-0.25, -0.2) is 0 Å². The molecule has 1 aromatic carbocycles. The van der Waals surface area contributed by atoms with Crippen molar-refractivity contribution in [2.24, 2.45) is 5.92 Å². The molecule has 0 aliphatic heterocycles. The Bertz CT molecular complexity index is 1090. The van der Waals surface area contributed by atoms with Crippen LogP contribution in [-0.4, -0.2) is 20.3 Å². The molecule has 4 aromatic rings. The van der Waals surface area contributed by atoms with E-state index in [1.54, 1.807) is 11.3 Å². The average molecular weight is 380 g/mol. The summed E-state index contributed by atoms with van der Waals surface area (Å²) in [4.78, 5) is 3.50. The fourth-order valence-electron chi connectivity index (χ4n) is 4.77. The van der Waals surface area contributed by atoms with Crippen LogP contribution in [0.1, 0.15) is 51.0 Å². The smallest absolute Gasteiger partial charge is 0.126 e. The second kappa shape index (κ2) is 6.50. The highest BCUT2D eigenvalue weighted by Gasteiger charge is 2.37. The van der Waals surface area contributed by atoms with Crippen LogP contribution in [0.15, 0.2) is 35.7 Å². The van der Waals surface area contributed by atoms with Crippen molar-refractivity contribution in [1.29, 1.82) is 0 Å². The first-order valence-electron chi connectivity index (χ1n) is 9.96. The summed E-state index contributed by atoms with van der Waals surface area (Å²) in [6.07, 6.45) is 6.79. The van der Waals surface area contributed by atoms with Gasteiger partial charge in [0.25, 0.3) is 0 Å². The summed E-state index contributed by atoms with van der Waals surface area (Å²) in [5, 5.41) is 22.4. The minimum atomic E-state index is -0.723. The van der Waals surface area contributed by atoms with E-state index in [0.29, 0.717) is 5.92 Å². The van der Waals surface area contributed by atoms with E-state index in [4.69, 9.17) is 0 Å². The molecular weight excluding hydrogens is 354 g/mol. The van der Waals surface area contributed by atoms with Gasteiger partial charge < -0.3 is 10.1 Å².